The van der Waals surface area contributed by atoms with Crippen LogP contribution in [-0.4, -0.2) is 19.5 Å². The van der Waals surface area contributed by atoms with E-state index in [0.29, 0.717) is 12.5 Å². The molecule has 1 aliphatic carbocycles. The van der Waals surface area contributed by atoms with Crippen LogP contribution in [0.3, 0.4) is 0 Å². The Morgan fingerprint density at radius 2 is 1.48 bits per heavy atom. The fraction of sp³-hybridized carbons (Fsp3) is 0.519. The third kappa shape index (κ3) is 4.48. The highest BCUT2D eigenvalue weighted by Gasteiger charge is 2.48. The van der Waals surface area contributed by atoms with Crippen LogP contribution < -0.4 is 0 Å². The maximum atomic E-state index is 12.5. The molecule has 0 N–H and O–H groups in total. The molecular weight excluding hydrogens is 356 g/mol. The highest BCUT2D eigenvalue weighted by atomic mass is 16.5. The van der Waals surface area contributed by atoms with Crippen molar-refractivity contribution in [2.75, 3.05) is 13.2 Å². The molecule has 0 bridgehead atoms. The van der Waals surface area contributed by atoms with E-state index in [1.165, 1.54) is 41.4 Å². The highest BCUT2D eigenvalue weighted by molar-refractivity contribution is 5.83. The summed E-state index contributed by atoms with van der Waals surface area (Å²) in [7, 11) is 0. The van der Waals surface area contributed by atoms with Crippen molar-refractivity contribution in [1.29, 1.82) is 0 Å². The van der Waals surface area contributed by atoms with Crippen LogP contribution in [0.15, 0.2) is 48.5 Å². The summed E-state index contributed by atoms with van der Waals surface area (Å²) in [6, 6.07) is 17.2. The van der Waals surface area contributed by atoms with Crippen LogP contribution in [0.2, 0.25) is 0 Å². The quantitative estimate of drug-likeness (QED) is 0.293. The van der Waals surface area contributed by atoms with E-state index in [0.717, 1.165) is 32.3 Å². The van der Waals surface area contributed by atoms with Gasteiger partial charge in [0.25, 0.3) is 0 Å². The minimum absolute atomic E-state index is 0.0684. The number of unbranched alkanes of at least 4 members (excludes halogenated alkanes) is 2. The van der Waals surface area contributed by atoms with E-state index < -0.39 is 0 Å². The first-order valence-electron chi connectivity index (χ1n) is 11.4. The molecule has 29 heavy (non-hydrogen) atoms. The summed E-state index contributed by atoms with van der Waals surface area (Å²) in [5.74, 6) is 0.644. The van der Waals surface area contributed by atoms with Gasteiger partial charge in [-0.3, -0.25) is 0 Å². The zero-order valence-corrected chi connectivity index (χ0v) is 18.3. The van der Waals surface area contributed by atoms with Crippen molar-refractivity contribution < 1.29 is 9.53 Å². The number of carbonyl (C=O) groups excluding carboxylic acids is 1. The first kappa shape index (κ1) is 21.8. The highest BCUT2D eigenvalue weighted by Crippen LogP contribution is 2.53. The molecule has 2 nitrogen and oxygen atoms in total. The lowest BCUT2D eigenvalue weighted by molar-refractivity contribution is -0.113. The molecule has 0 amide bonds. The average Bonchev–Trinajstić information content (AvgIpc) is 3.02. The monoisotopic (exact) mass is 392 g/mol. The van der Waals surface area contributed by atoms with Gasteiger partial charge in [-0.05, 0) is 41.0 Å². The molecule has 3 rings (SSSR count). The van der Waals surface area contributed by atoms with Gasteiger partial charge in [0.15, 0.2) is 0 Å². The number of hydrogen-bond donors (Lipinski definition) is 0. The van der Waals surface area contributed by atoms with Crippen LogP contribution >= 0.6 is 0 Å². The minimum Gasteiger partial charge on any atom is -0.380 e. The topological polar surface area (TPSA) is 26.3 Å². The van der Waals surface area contributed by atoms with Crippen molar-refractivity contribution in [2.24, 2.45) is 11.8 Å². The van der Waals surface area contributed by atoms with Gasteiger partial charge in [0.1, 0.15) is 6.29 Å². The molecule has 0 saturated carbocycles. The number of fused-ring (bicyclic) bond motifs is 3. The maximum absolute atomic E-state index is 12.5. The third-order valence-electron chi connectivity index (χ3n) is 6.42. The SMILES string of the molecule is CCCCOCC1(C(C=O)CCCCC(C)C)c2ccccc2-c2ccccc21. The molecule has 0 radical (unpaired) electrons. The van der Waals surface area contributed by atoms with Crippen molar-refractivity contribution in [3.63, 3.8) is 0 Å². The van der Waals surface area contributed by atoms with Gasteiger partial charge in [-0.15, -0.1) is 0 Å². The lowest BCUT2D eigenvalue weighted by atomic mass is 9.67. The number of ether oxygens (including phenoxy) is 1. The van der Waals surface area contributed by atoms with E-state index in [4.69, 9.17) is 4.74 Å². The Labute approximate surface area is 176 Å². The predicted octanol–water partition coefficient (Wildman–Crippen LogP) is 6.80. The molecule has 0 spiro atoms. The minimum atomic E-state index is -0.374. The van der Waals surface area contributed by atoms with Crippen molar-refractivity contribution in [1.82, 2.24) is 0 Å². The number of rotatable bonds is 12. The second kappa shape index (κ2) is 10.2. The summed E-state index contributed by atoms with van der Waals surface area (Å²) < 4.78 is 6.24. The second-order valence-electron chi connectivity index (χ2n) is 8.89. The number of aldehydes is 1. The van der Waals surface area contributed by atoms with Gasteiger partial charge < -0.3 is 9.53 Å². The van der Waals surface area contributed by atoms with E-state index in [-0.39, 0.29) is 11.3 Å². The van der Waals surface area contributed by atoms with Crippen molar-refractivity contribution in [2.45, 2.75) is 64.7 Å². The van der Waals surface area contributed by atoms with Crippen LogP contribution in [-0.2, 0) is 14.9 Å². The van der Waals surface area contributed by atoms with Gasteiger partial charge >= 0.3 is 0 Å². The lowest BCUT2D eigenvalue weighted by Gasteiger charge is -2.37. The maximum Gasteiger partial charge on any atom is 0.124 e. The van der Waals surface area contributed by atoms with E-state index in [1.54, 1.807) is 0 Å². The molecule has 156 valence electrons. The normalized spacial score (nSPS) is 15.2. The number of carbonyl (C=O) groups is 1. The molecule has 2 aromatic rings. The van der Waals surface area contributed by atoms with Gasteiger partial charge in [-0.25, -0.2) is 0 Å². The molecule has 0 saturated heterocycles. The van der Waals surface area contributed by atoms with Crippen LogP contribution in [0.1, 0.15) is 70.4 Å². The van der Waals surface area contributed by atoms with E-state index in [1.807, 2.05) is 0 Å². The Balaban J connectivity index is 1.98. The fourth-order valence-corrected chi connectivity index (χ4v) is 4.85. The lowest BCUT2D eigenvalue weighted by Crippen LogP contribution is -2.40. The molecule has 0 fully saturated rings. The van der Waals surface area contributed by atoms with Crippen LogP contribution in [0, 0.1) is 11.8 Å². The Bertz CT molecular complexity index is 747. The van der Waals surface area contributed by atoms with Crippen molar-refractivity contribution >= 4 is 6.29 Å². The Morgan fingerprint density at radius 1 is 0.897 bits per heavy atom. The van der Waals surface area contributed by atoms with Crippen molar-refractivity contribution in [3.05, 3.63) is 59.7 Å². The zero-order valence-electron chi connectivity index (χ0n) is 18.3. The molecule has 0 heterocycles. The summed E-state index contributed by atoms with van der Waals surface area (Å²) in [4.78, 5) is 12.5. The average molecular weight is 393 g/mol. The van der Waals surface area contributed by atoms with E-state index >= 15 is 0 Å². The van der Waals surface area contributed by atoms with Crippen LogP contribution in [0.25, 0.3) is 11.1 Å². The Kier molecular flexibility index (Phi) is 7.66. The molecular formula is C27H36O2. The zero-order chi connectivity index (χ0) is 20.7. The summed E-state index contributed by atoms with van der Waals surface area (Å²) in [5.41, 5.74) is 4.67. The van der Waals surface area contributed by atoms with Gasteiger partial charge in [0.05, 0.1) is 12.0 Å². The summed E-state index contributed by atoms with van der Waals surface area (Å²) in [6.07, 6.45) is 7.78. The number of hydrogen-bond acceptors (Lipinski definition) is 2. The van der Waals surface area contributed by atoms with Crippen LogP contribution in [0.4, 0.5) is 0 Å². The standard InChI is InChI=1S/C27H36O2/c1-4-5-18-29-20-27(22(19-28)13-7-6-12-21(2)3)25-16-10-8-14-23(25)24-15-9-11-17-26(24)27/h8-11,14-17,19,21-22H,4-7,12-13,18,20H2,1-3H3. The first-order chi connectivity index (χ1) is 14.1. The third-order valence-corrected chi connectivity index (χ3v) is 6.42. The summed E-state index contributed by atoms with van der Waals surface area (Å²) in [5, 5.41) is 0. The second-order valence-corrected chi connectivity index (χ2v) is 8.89. The van der Waals surface area contributed by atoms with Gasteiger partial charge in [0.2, 0.25) is 0 Å². The van der Waals surface area contributed by atoms with Gasteiger partial charge in [-0.1, -0.05) is 95.0 Å². The molecule has 0 aliphatic heterocycles. The van der Waals surface area contributed by atoms with E-state index in [9.17, 15) is 4.79 Å². The summed E-state index contributed by atoms with van der Waals surface area (Å²) in [6.45, 7) is 8.05. The van der Waals surface area contributed by atoms with Gasteiger partial charge in [-0.2, -0.15) is 0 Å². The van der Waals surface area contributed by atoms with Crippen LogP contribution in [0.5, 0.6) is 0 Å². The smallest absolute Gasteiger partial charge is 0.124 e. The largest absolute Gasteiger partial charge is 0.380 e. The molecule has 1 atom stereocenters. The fourth-order valence-electron chi connectivity index (χ4n) is 4.85. The molecule has 0 aromatic heterocycles. The molecule has 2 aromatic carbocycles. The van der Waals surface area contributed by atoms with Gasteiger partial charge in [0, 0.05) is 12.5 Å². The molecule has 1 unspecified atom stereocenters. The molecule has 2 heteroatoms. The first-order valence-corrected chi connectivity index (χ1v) is 11.4. The summed E-state index contributed by atoms with van der Waals surface area (Å²) >= 11 is 0. The predicted molar refractivity (Wildman–Crippen MR) is 121 cm³/mol. The Morgan fingerprint density at radius 3 is 2.03 bits per heavy atom. The van der Waals surface area contributed by atoms with Crippen molar-refractivity contribution in [3.8, 4) is 11.1 Å². The number of benzene rings is 2. The molecule has 1 aliphatic rings. The van der Waals surface area contributed by atoms with E-state index in [2.05, 4.69) is 69.3 Å². The Hall–Kier alpha value is -1.93.